The molecule has 5 rings (SSSR count). The predicted molar refractivity (Wildman–Crippen MR) is 125 cm³/mol. The monoisotopic (exact) mass is 472 g/mol. The zero-order valence-electron chi connectivity index (χ0n) is 19.4. The molecular formula is C24H32N4O4S. The first kappa shape index (κ1) is 22.6. The lowest BCUT2D eigenvalue weighted by atomic mass is 9.94. The molecule has 1 aromatic carbocycles. The van der Waals surface area contributed by atoms with Crippen LogP contribution in [-0.4, -0.2) is 74.3 Å². The molecule has 178 valence electrons. The Morgan fingerprint density at radius 3 is 2.58 bits per heavy atom. The van der Waals surface area contributed by atoms with Gasteiger partial charge >= 0.3 is 0 Å². The molecule has 2 aromatic rings. The van der Waals surface area contributed by atoms with E-state index in [1.54, 1.807) is 11.0 Å². The van der Waals surface area contributed by atoms with E-state index >= 15 is 0 Å². The van der Waals surface area contributed by atoms with Crippen molar-refractivity contribution in [1.29, 1.82) is 0 Å². The van der Waals surface area contributed by atoms with Crippen molar-refractivity contribution in [3.63, 3.8) is 0 Å². The summed E-state index contributed by atoms with van der Waals surface area (Å²) in [6.45, 7) is 2.65. The van der Waals surface area contributed by atoms with Crippen LogP contribution >= 0.6 is 0 Å². The van der Waals surface area contributed by atoms with Crippen LogP contribution in [0.25, 0.3) is 11.3 Å². The standard InChI is InChI=1S/C24H32N4O4S/c1-26(2)15-17-8-9-19-21(14-17)33(30,31)16-20-22(24(29)27-10-12-32-13-11-27)25-28(23(19)20)18-6-4-3-5-7-18/h8-9,14,18H,3-7,10-13,15-16H2,1-2H3. The zero-order chi connectivity index (χ0) is 23.2. The largest absolute Gasteiger partial charge is 0.378 e. The molecule has 33 heavy (non-hydrogen) atoms. The first-order valence-electron chi connectivity index (χ1n) is 11.8. The topological polar surface area (TPSA) is 84.7 Å². The fourth-order valence-electron chi connectivity index (χ4n) is 5.32. The van der Waals surface area contributed by atoms with Gasteiger partial charge in [-0.3, -0.25) is 9.48 Å². The van der Waals surface area contributed by atoms with E-state index in [9.17, 15) is 13.2 Å². The molecule has 3 aliphatic rings. The summed E-state index contributed by atoms with van der Waals surface area (Å²) in [6.07, 6.45) is 5.45. The molecule has 1 amide bonds. The van der Waals surface area contributed by atoms with Crippen LogP contribution in [-0.2, 0) is 26.9 Å². The van der Waals surface area contributed by atoms with E-state index in [0.717, 1.165) is 36.9 Å². The third kappa shape index (κ3) is 4.22. The molecular weight excluding hydrogens is 440 g/mol. The van der Waals surface area contributed by atoms with E-state index in [1.165, 1.54) is 6.42 Å². The summed E-state index contributed by atoms with van der Waals surface area (Å²) in [4.78, 5) is 17.6. The Bertz CT molecular complexity index is 1160. The first-order chi connectivity index (χ1) is 15.8. The SMILES string of the molecule is CN(C)Cc1ccc2c(c1)S(=O)(=O)Cc1c(C(=O)N3CCOCC3)nn(C3CCCCC3)c1-2. The molecule has 9 heteroatoms. The molecule has 2 aliphatic heterocycles. The number of morpholine rings is 1. The van der Waals surface area contributed by atoms with Crippen LogP contribution in [0.4, 0.5) is 0 Å². The molecule has 2 fully saturated rings. The molecule has 0 radical (unpaired) electrons. The number of rotatable bonds is 4. The second-order valence-corrected chi connectivity index (χ2v) is 11.6. The van der Waals surface area contributed by atoms with Crippen LogP contribution in [0.2, 0.25) is 0 Å². The highest BCUT2D eigenvalue weighted by Crippen LogP contribution is 2.43. The minimum atomic E-state index is -3.59. The number of carbonyl (C=O) groups excluding carboxylic acids is 1. The number of aromatic nitrogens is 2. The number of hydrogen-bond acceptors (Lipinski definition) is 6. The summed E-state index contributed by atoms with van der Waals surface area (Å²) in [5, 5.41) is 4.84. The Morgan fingerprint density at radius 1 is 1.15 bits per heavy atom. The third-order valence-electron chi connectivity index (χ3n) is 6.90. The van der Waals surface area contributed by atoms with Crippen LogP contribution in [0.1, 0.15) is 59.8 Å². The Balaban J connectivity index is 1.66. The van der Waals surface area contributed by atoms with Crippen LogP contribution in [0.5, 0.6) is 0 Å². The van der Waals surface area contributed by atoms with E-state index < -0.39 is 9.84 Å². The van der Waals surface area contributed by atoms with Crippen LogP contribution in [0.15, 0.2) is 23.1 Å². The van der Waals surface area contributed by atoms with Crippen molar-refractivity contribution in [2.24, 2.45) is 0 Å². The lowest BCUT2D eigenvalue weighted by molar-refractivity contribution is 0.0297. The van der Waals surface area contributed by atoms with Crippen LogP contribution < -0.4 is 0 Å². The number of nitrogens with zero attached hydrogens (tertiary/aromatic N) is 4. The smallest absolute Gasteiger partial charge is 0.274 e. The summed E-state index contributed by atoms with van der Waals surface area (Å²) in [6, 6.07) is 5.89. The molecule has 0 bridgehead atoms. The summed E-state index contributed by atoms with van der Waals surface area (Å²) < 4.78 is 34.2. The summed E-state index contributed by atoms with van der Waals surface area (Å²) in [5.41, 5.74) is 3.31. The molecule has 1 aliphatic carbocycles. The van der Waals surface area contributed by atoms with Gasteiger partial charge in [-0.25, -0.2) is 8.42 Å². The molecule has 1 saturated carbocycles. The van der Waals surface area contributed by atoms with Gasteiger partial charge in [0.1, 0.15) is 0 Å². The highest BCUT2D eigenvalue weighted by molar-refractivity contribution is 7.90. The van der Waals surface area contributed by atoms with E-state index in [2.05, 4.69) is 0 Å². The molecule has 0 N–H and O–H groups in total. The predicted octanol–water partition coefficient (Wildman–Crippen LogP) is 2.88. The van der Waals surface area contributed by atoms with Gasteiger partial charge in [0.2, 0.25) is 0 Å². The zero-order valence-corrected chi connectivity index (χ0v) is 20.2. The van der Waals surface area contributed by atoms with Crippen molar-refractivity contribution in [2.75, 3.05) is 40.4 Å². The highest BCUT2D eigenvalue weighted by Gasteiger charge is 2.38. The van der Waals surface area contributed by atoms with Crippen molar-refractivity contribution in [3.8, 4) is 11.3 Å². The normalized spacial score (nSPS) is 20.5. The van der Waals surface area contributed by atoms with Gasteiger partial charge in [0, 0.05) is 30.8 Å². The maximum absolute atomic E-state index is 13.5. The van der Waals surface area contributed by atoms with Crippen molar-refractivity contribution in [2.45, 2.75) is 55.3 Å². The minimum absolute atomic E-state index is 0.182. The summed E-state index contributed by atoms with van der Waals surface area (Å²) in [7, 11) is 0.347. The van der Waals surface area contributed by atoms with Gasteiger partial charge in [-0.1, -0.05) is 31.4 Å². The number of amides is 1. The van der Waals surface area contributed by atoms with Gasteiger partial charge in [-0.15, -0.1) is 0 Å². The number of carbonyl (C=O) groups is 1. The highest BCUT2D eigenvalue weighted by atomic mass is 32.2. The Morgan fingerprint density at radius 2 is 1.88 bits per heavy atom. The maximum Gasteiger partial charge on any atom is 0.274 e. The van der Waals surface area contributed by atoms with E-state index in [0.29, 0.717) is 54.6 Å². The van der Waals surface area contributed by atoms with Gasteiger partial charge in [0.15, 0.2) is 15.5 Å². The van der Waals surface area contributed by atoms with Crippen molar-refractivity contribution >= 4 is 15.7 Å². The summed E-state index contributed by atoms with van der Waals surface area (Å²) in [5.74, 6) is -0.370. The fraction of sp³-hybridized carbons (Fsp3) is 0.583. The molecule has 1 saturated heterocycles. The fourth-order valence-corrected chi connectivity index (χ4v) is 6.96. The Kier molecular flexibility index (Phi) is 6.05. The number of benzene rings is 1. The molecule has 0 unspecified atom stereocenters. The van der Waals surface area contributed by atoms with E-state index in [-0.39, 0.29) is 17.7 Å². The van der Waals surface area contributed by atoms with Crippen molar-refractivity contribution in [1.82, 2.24) is 19.6 Å². The molecule has 0 atom stereocenters. The maximum atomic E-state index is 13.5. The lowest BCUT2D eigenvalue weighted by Gasteiger charge is -2.27. The molecule has 1 aromatic heterocycles. The average molecular weight is 473 g/mol. The quantitative estimate of drug-likeness (QED) is 0.680. The molecule has 3 heterocycles. The van der Waals surface area contributed by atoms with E-state index in [1.807, 2.05) is 35.8 Å². The Hall–Kier alpha value is -2.23. The average Bonchev–Trinajstić information content (AvgIpc) is 3.18. The first-order valence-corrected chi connectivity index (χ1v) is 13.5. The van der Waals surface area contributed by atoms with Gasteiger partial charge in [0.25, 0.3) is 5.91 Å². The van der Waals surface area contributed by atoms with Crippen LogP contribution in [0.3, 0.4) is 0 Å². The van der Waals surface area contributed by atoms with Crippen molar-refractivity contribution < 1.29 is 17.9 Å². The number of ether oxygens (including phenoxy) is 1. The number of fused-ring (bicyclic) bond motifs is 3. The summed E-state index contributed by atoms with van der Waals surface area (Å²) >= 11 is 0. The van der Waals surface area contributed by atoms with Gasteiger partial charge in [-0.2, -0.15) is 5.10 Å². The Labute approximate surface area is 195 Å². The lowest BCUT2D eigenvalue weighted by Crippen LogP contribution is -2.41. The molecule has 0 spiro atoms. The molecule has 8 nitrogen and oxygen atoms in total. The second-order valence-electron chi connectivity index (χ2n) is 9.64. The van der Waals surface area contributed by atoms with E-state index in [4.69, 9.17) is 9.84 Å². The van der Waals surface area contributed by atoms with Crippen LogP contribution in [0, 0.1) is 0 Å². The van der Waals surface area contributed by atoms with Gasteiger partial charge < -0.3 is 14.5 Å². The van der Waals surface area contributed by atoms with Gasteiger partial charge in [0.05, 0.1) is 35.6 Å². The minimum Gasteiger partial charge on any atom is -0.378 e. The van der Waals surface area contributed by atoms with Crippen molar-refractivity contribution in [3.05, 3.63) is 35.0 Å². The number of sulfone groups is 1. The number of hydrogen-bond donors (Lipinski definition) is 0. The third-order valence-corrected chi connectivity index (χ3v) is 8.58. The van der Waals surface area contributed by atoms with Gasteiger partial charge in [-0.05, 0) is 38.6 Å². The second kappa shape index (κ2) is 8.85.